The van der Waals surface area contributed by atoms with Gasteiger partial charge in [0.05, 0.1) is 33.8 Å². The van der Waals surface area contributed by atoms with Crippen molar-refractivity contribution in [1.82, 2.24) is 69.0 Å². The molecule has 22 nitrogen and oxygen atoms in total. The summed E-state index contributed by atoms with van der Waals surface area (Å²) in [6.45, 7) is 3.41. The van der Waals surface area contributed by atoms with Crippen molar-refractivity contribution in [3.05, 3.63) is 142 Å². The van der Waals surface area contributed by atoms with Gasteiger partial charge in [-0.05, 0) is 82.9 Å². The normalized spacial score (nSPS) is 12.6. The molecule has 0 saturated carbocycles. The zero-order valence-corrected chi connectivity index (χ0v) is 44.1. The number of hydrogen-bond acceptors (Lipinski definition) is 19. The Morgan fingerprint density at radius 1 is 0.584 bits per heavy atom. The van der Waals surface area contributed by atoms with Crippen LogP contribution in [0.1, 0.15) is 39.7 Å². The zero-order chi connectivity index (χ0) is 54.5. The quantitative estimate of drug-likeness (QED) is 0.0796. The SMILES string of the molecule is COc1cccc2c1nc(N)n1nc(CCl)nc21.COc1cccc2c1nc(N)n1nc(CN3Cc4ccc(F)cc4C3)nc21.COc1cccc2c1nc(N)n1nc(CO)nc21.Fc1ccc2c(c1)CNC2.O=S(Cl)Cl. The molecule has 2 aliphatic heterocycles. The minimum absolute atomic E-state index is 0.137. The highest BCUT2D eigenvalue weighted by atomic mass is 36.0. The summed E-state index contributed by atoms with van der Waals surface area (Å²) in [6, 6.07) is 26.6. The fourth-order valence-electron chi connectivity index (χ4n) is 8.70. The number of rotatable bonds is 7. The van der Waals surface area contributed by atoms with Crippen LogP contribution in [0.5, 0.6) is 17.2 Å². The van der Waals surface area contributed by atoms with Crippen molar-refractivity contribution in [1.29, 1.82) is 0 Å². The van der Waals surface area contributed by atoms with Crippen LogP contribution >= 0.6 is 33.0 Å². The molecule has 0 fully saturated rings. The molecule has 8 heterocycles. The summed E-state index contributed by atoms with van der Waals surface area (Å²) in [5.41, 5.74) is 26.0. The van der Waals surface area contributed by atoms with E-state index in [9.17, 15) is 8.78 Å². The summed E-state index contributed by atoms with van der Waals surface area (Å²) >= 11 is 5.74. The van der Waals surface area contributed by atoms with Gasteiger partial charge in [-0.3, -0.25) is 4.90 Å². The molecule has 0 unspecified atom stereocenters. The predicted octanol–water partition coefficient (Wildman–Crippen LogP) is 6.96. The molecule has 0 bridgehead atoms. The number of para-hydroxylation sites is 3. The van der Waals surface area contributed by atoms with Gasteiger partial charge in [-0.25, -0.2) is 42.9 Å². The van der Waals surface area contributed by atoms with E-state index in [1.807, 2.05) is 60.7 Å². The van der Waals surface area contributed by atoms with Crippen LogP contribution in [0, 0.1) is 11.6 Å². The van der Waals surface area contributed by atoms with E-state index in [-0.39, 0.29) is 42.0 Å². The third-order valence-corrected chi connectivity index (χ3v) is 12.3. The molecular weight excluding hydrogens is 1080 g/mol. The first kappa shape index (κ1) is 53.9. The molecular formula is C49H46Cl3F2N17O5S. The first-order valence-electron chi connectivity index (χ1n) is 23.0. The van der Waals surface area contributed by atoms with Crippen LogP contribution in [0.2, 0.25) is 0 Å². The second-order valence-corrected chi connectivity index (χ2v) is 19.6. The summed E-state index contributed by atoms with van der Waals surface area (Å²) in [4.78, 5) is 28.4. The van der Waals surface area contributed by atoms with E-state index >= 15 is 0 Å². The number of ether oxygens (including phenoxy) is 3. The number of anilines is 3. The Balaban J connectivity index is 0.000000128. The maximum Gasteiger partial charge on any atom is 0.223 e. The molecule has 0 spiro atoms. The molecule has 0 amide bonds. The third-order valence-electron chi connectivity index (χ3n) is 12.0. The number of nitrogens with zero attached hydrogens (tertiary/aromatic N) is 13. The topological polar surface area (TPSA) is 288 Å². The lowest BCUT2D eigenvalue weighted by molar-refractivity contribution is 0.268. The van der Waals surface area contributed by atoms with Gasteiger partial charge in [-0.15, -0.1) is 26.9 Å². The van der Waals surface area contributed by atoms with Gasteiger partial charge in [0.1, 0.15) is 52.0 Å². The molecule has 6 aromatic heterocycles. The standard InChI is InChI=1S/C19H17FN6O.C11H10ClN5O.C11H11N5O2.C8H8FN.Cl2OS/c1-27-15-4-2-3-14-17(15)23-19(21)26-18(14)22-16(24-26)10-25-8-11-5-6-13(20)7-12(11)9-25;1-18-7-4-2-3-6-9(7)15-11(13)17-10(6)14-8(5-12)16-17;1-18-7-4-2-3-6-9(7)14-11(12)16-10(6)13-8(5-17)15-16;9-8-2-1-6-4-10-5-7(6)3-8;1-4(2)3/h2-7H,8-10H2,1H3,(H2,21,23);2-4H,5H2,1H3,(H2,13,15);2-4,17H,5H2,1H3,(H2,12,14);1-3,10H,4-5H2;. The Morgan fingerprint density at radius 2 is 0.987 bits per heavy atom. The minimum Gasteiger partial charge on any atom is -0.494 e. The number of hydrogen-bond donors (Lipinski definition) is 5. The van der Waals surface area contributed by atoms with E-state index in [4.69, 9.17) is 52.3 Å². The van der Waals surface area contributed by atoms with Crippen molar-refractivity contribution in [2.45, 2.75) is 45.2 Å². The Kier molecular flexibility index (Phi) is 16.5. The van der Waals surface area contributed by atoms with Crippen molar-refractivity contribution >= 4 is 110 Å². The molecule has 0 atom stereocenters. The summed E-state index contributed by atoms with van der Waals surface area (Å²) < 4.78 is 55.4. The van der Waals surface area contributed by atoms with E-state index in [0.29, 0.717) is 81.3 Å². The highest BCUT2D eigenvalue weighted by molar-refractivity contribution is 8.26. The third kappa shape index (κ3) is 11.6. The van der Waals surface area contributed by atoms with E-state index in [1.54, 1.807) is 44.0 Å². The molecule has 11 aromatic rings. The number of benzene rings is 5. The fourth-order valence-corrected chi connectivity index (χ4v) is 8.81. The molecule has 13 rings (SSSR count). The number of nitrogens with two attached hydrogens (primary N) is 3. The molecule has 0 radical (unpaired) electrons. The Bertz CT molecular complexity index is 3870. The van der Waals surface area contributed by atoms with Crippen LogP contribution in [-0.2, 0) is 54.4 Å². The lowest BCUT2D eigenvalue weighted by atomic mass is 10.1. The van der Waals surface area contributed by atoms with Crippen molar-refractivity contribution in [2.24, 2.45) is 0 Å². The predicted molar refractivity (Wildman–Crippen MR) is 289 cm³/mol. The number of methoxy groups -OCH3 is 3. The lowest BCUT2D eigenvalue weighted by Crippen LogP contribution is -2.16. The summed E-state index contributed by atoms with van der Waals surface area (Å²) in [5.74, 6) is 3.98. The minimum atomic E-state index is -1.67. The van der Waals surface area contributed by atoms with Crippen LogP contribution < -0.4 is 36.7 Å². The van der Waals surface area contributed by atoms with E-state index < -0.39 is 9.23 Å². The van der Waals surface area contributed by atoms with E-state index in [0.717, 1.165) is 52.5 Å². The van der Waals surface area contributed by atoms with Gasteiger partial charge in [0.15, 0.2) is 34.4 Å². The number of nitrogen functional groups attached to an aromatic ring is 3. The van der Waals surface area contributed by atoms with Crippen molar-refractivity contribution in [3.8, 4) is 17.2 Å². The van der Waals surface area contributed by atoms with Gasteiger partial charge in [0.2, 0.25) is 27.1 Å². The Labute approximate surface area is 452 Å². The maximum absolute atomic E-state index is 13.4. The Morgan fingerprint density at radius 3 is 1.45 bits per heavy atom. The maximum atomic E-state index is 13.4. The largest absolute Gasteiger partial charge is 0.494 e. The molecule has 8 N–H and O–H groups in total. The van der Waals surface area contributed by atoms with Crippen LogP contribution in [0.3, 0.4) is 0 Å². The average molecular weight is 1130 g/mol. The van der Waals surface area contributed by atoms with E-state index in [1.165, 1.54) is 26.7 Å². The number of fused-ring (bicyclic) bond motifs is 11. The van der Waals surface area contributed by atoms with Crippen molar-refractivity contribution in [2.75, 3.05) is 38.5 Å². The van der Waals surface area contributed by atoms with Crippen molar-refractivity contribution in [3.63, 3.8) is 0 Å². The average Bonchev–Trinajstić information content (AvgIpc) is 4.31. The van der Waals surface area contributed by atoms with Gasteiger partial charge in [-0.2, -0.15) is 13.5 Å². The second kappa shape index (κ2) is 23.5. The first-order chi connectivity index (χ1) is 37.2. The number of aliphatic hydroxyl groups is 1. The first-order valence-corrected chi connectivity index (χ1v) is 26.4. The van der Waals surface area contributed by atoms with Crippen LogP contribution in [-0.4, -0.2) is 94.3 Å². The van der Waals surface area contributed by atoms with E-state index in [2.05, 4.69) is 76.8 Å². The van der Waals surface area contributed by atoms with Crippen LogP contribution in [0.15, 0.2) is 91.0 Å². The van der Waals surface area contributed by atoms with Crippen molar-refractivity contribution < 1.29 is 32.3 Å². The fraction of sp³-hybridized carbons (Fsp3) is 0.204. The summed E-state index contributed by atoms with van der Waals surface area (Å²) in [5, 5.41) is 27.4. The summed E-state index contributed by atoms with van der Waals surface area (Å²) in [7, 11) is 12.1. The number of alkyl halides is 1. The highest BCUT2D eigenvalue weighted by Gasteiger charge is 2.23. The molecule has 77 heavy (non-hydrogen) atoms. The molecule has 5 aromatic carbocycles. The molecule has 0 saturated heterocycles. The van der Waals surface area contributed by atoms with Gasteiger partial charge in [-0.1, -0.05) is 30.3 Å². The number of nitrogens with one attached hydrogen (secondary N) is 1. The van der Waals surface area contributed by atoms with Gasteiger partial charge in [0.25, 0.3) is 0 Å². The monoisotopic (exact) mass is 1130 g/mol. The highest BCUT2D eigenvalue weighted by Crippen LogP contribution is 2.31. The van der Waals surface area contributed by atoms with Crippen LogP contribution in [0.4, 0.5) is 26.6 Å². The van der Waals surface area contributed by atoms with Gasteiger partial charge in [0, 0.05) is 63.7 Å². The number of aromatic nitrogens is 12. The molecule has 398 valence electrons. The molecule has 28 heteroatoms. The smallest absolute Gasteiger partial charge is 0.223 e. The zero-order valence-electron chi connectivity index (χ0n) is 41.0. The number of halogens is 5. The lowest BCUT2D eigenvalue weighted by Gasteiger charge is -2.11. The molecule has 2 aliphatic rings. The second-order valence-electron chi connectivity index (χ2n) is 16.8. The number of aliphatic hydroxyl groups excluding tert-OH is 1. The van der Waals surface area contributed by atoms with Gasteiger partial charge < -0.3 is 41.8 Å². The Hall–Kier alpha value is -7.91. The summed E-state index contributed by atoms with van der Waals surface area (Å²) in [6.07, 6.45) is 0. The molecule has 0 aliphatic carbocycles. The van der Waals surface area contributed by atoms with Crippen LogP contribution in [0.25, 0.3) is 49.7 Å². The van der Waals surface area contributed by atoms with Gasteiger partial charge >= 0.3 is 0 Å².